The highest BCUT2D eigenvalue weighted by Crippen LogP contribution is 2.26. The van der Waals surface area contributed by atoms with E-state index in [0.717, 1.165) is 16.4 Å². The molecule has 3 rings (SSSR count). The fourth-order valence-corrected chi connectivity index (χ4v) is 6.37. The quantitative estimate of drug-likeness (QED) is 0.572. The number of sulfonamides is 2. The van der Waals surface area contributed by atoms with Crippen molar-refractivity contribution in [3.63, 3.8) is 0 Å². The van der Waals surface area contributed by atoms with Crippen LogP contribution in [0.5, 0.6) is 0 Å². The Morgan fingerprint density at radius 3 is 2.62 bits per heavy atom. The Morgan fingerprint density at radius 1 is 1.28 bits per heavy atom. The summed E-state index contributed by atoms with van der Waals surface area (Å²) in [5, 5.41) is 0. The van der Waals surface area contributed by atoms with Gasteiger partial charge in [-0.2, -0.15) is 0 Å². The third-order valence-electron chi connectivity index (χ3n) is 5.06. The van der Waals surface area contributed by atoms with Crippen LogP contribution in [-0.4, -0.2) is 83.1 Å². The van der Waals surface area contributed by atoms with Gasteiger partial charge in [0.05, 0.1) is 16.7 Å². The average Bonchev–Trinajstić information content (AvgIpc) is 3.02. The van der Waals surface area contributed by atoms with Gasteiger partial charge in [-0.15, -0.1) is 0 Å². The van der Waals surface area contributed by atoms with E-state index in [1.807, 2.05) is 0 Å². The topological polar surface area (TPSA) is 113 Å². The lowest BCUT2D eigenvalue weighted by atomic mass is 10.1. The zero-order chi connectivity index (χ0) is 21.2. The number of carbonyl (C=O) groups is 1. The van der Waals surface area contributed by atoms with Gasteiger partial charge in [0.15, 0.2) is 0 Å². The molecule has 29 heavy (non-hydrogen) atoms. The van der Waals surface area contributed by atoms with Crippen LogP contribution in [0.15, 0.2) is 29.2 Å². The number of rotatable bonds is 7. The number of nitrogens with zero attached hydrogens (tertiary/aromatic N) is 2. The predicted octanol–water partition coefficient (Wildman–Crippen LogP) is -0.245. The first kappa shape index (κ1) is 22.1. The van der Waals surface area contributed by atoms with Gasteiger partial charge in [0.25, 0.3) is 5.91 Å². The normalized spacial score (nSPS) is 25.0. The molecule has 162 valence electrons. The minimum atomic E-state index is -3.89. The van der Waals surface area contributed by atoms with Gasteiger partial charge in [-0.25, -0.2) is 30.3 Å². The first-order valence-electron chi connectivity index (χ1n) is 9.19. The van der Waals surface area contributed by atoms with Crippen molar-refractivity contribution < 1.29 is 30.8 Å². The van der Waals surface area contributed by atoms with Crippen LogP contribution in [0.3, 0.4) is 0 Å². The summed E-state index contributed by atoms with van der Waals surface area (Å²) in [5.74, 6) is -1.29. The summed E-state index contributed by atoms with van der Waals surface area (Å²) >= 11 is 0. The molecular weight excluding hydrogens is 425 g/mol. The van der Waals surface area contributed by atoms with Crippen LogP contribution in [0.25, 0.3) is 0 Å². The molecule has 12 heteroatoms. The smallest absolute Gasteiger partial charge is 0.253 e. The fourth-order valence-electron chi connectivity index (χ4n) is 3.64. The van der Waals surface area contributed by atoms with E-state index in [1.165, 1.54) is 19.2 Å². The van der Waals surface area contributed by atoms with Crippen molar-refractivity contribution in [2.24, 2.45) is 0 Å². The number of ether oxygens (including phenoxy) is 1. The third kappa shape index (κ3) is 4.94. The molecule has 0 saturated carbocycles. The van der Waals surface area contributed by atoms with Gasteiger partial charge in [-0.1, -0.05) is 0 Å². The number of benzene rings is 1. The van der Waals surface area contributed by atoms with E-state index in [9.17, 15) is 26.0 Å². The van der Waals surface area contributed by atoms with Gasteiger partial charge >= 0.3 is 0 Å². The van der Waals surface area contributed by atoms with E-state index < -0.39 is 43.9 Å². The molecule has 2 fully saturated rings. The third-order valence-corrected chi connectivity index (χ3v) is 8.33. The summed E-state index contributed by atoms with van der Waals surface area (Å²) in [7, 11) is -6.11. The Morgan fingerprint density at radius 2 is 1.97 bits per heavy atom. The Hall–Kier alpha value is -1.60. The van der Waals surface area contributed by atoms with Gasteiger partial charge in [0.2, 0.25) is 20.0 Å². The number of nitrogens with one attached hydrogen (secondary N) is 1. The Bertz CT molecular complexity index is 952. The Labute approximate surface area is 169 Å². The van der Waals surface area contributed by atoms with E-state index in [1.54, 1.807) is 4.90 Å². The van der Waals surface area contributed by atoms with Crippen molar-refractivity contribution in [1.82, 2.24) is 13.9 Å². The molecule has 0 spiro atoms. The first-order chi connectivity index (χ1) is 13.6. The molecular formula is C17H24FN3O6S2. The molecule has 2 saturated heterocycles. The van der Waals surface area contributed by atoms with Crippen LogP contribution in [0, 0.1) is 5.82 Å². The summed E-state index contributed by atoms with van der Waals surface area (Å²) in [6.45, 7) is 0.728. The van der Waals surface area contributed by atoms with Crippen LogP contribution >= 0.6 is 0 Å². The highest BCUT2D eigenvalue weighted by atomic mass is 32.2. The van der Waals surface area contributed by atoms with E-state index in [4.69, 9.17) is 4.74 Å². The summed E-state index contributed by atoms with van der Waals surface area (Å²) in [6.07, 6.45) is 0.546. The molecule has 2 unspecified atom stereocenters. The molecule has 0 aliphatic carbocycles. The number of hydrogen-bond donors (Lipinski definition) is 1. The summed E-state index contributed by atoms with van der Waals surface area (Å²) in [5.41, 5.74) is 0. The van der Waals surface area contributed by atoms with Crippen LogP contribution < -0.4 is 4.72 Å². The van der Waals surface area contributed by atoms with E-state index in [-0.39, 0.29) is 36.7 Å². The largest absolute Gasteiger partial charge is 0.385 e. The maximum atomic E-state index is 13.1. The number of halogens is 1. The van der Waals surface area contributed by atoms with Crippen molar-refractivity contribution in [2.45, 2.75) is 29.8 Å². The second kappa shape index (κ2) is 8.64. The van der Waals surface area contributed by atoms with Crippen molar-refractivity contribution in [1.29, 1.82) is 0 Å². The van der Waals surface area contributed by atoms with Crippen LogP contribution in [-0.2, 0) is 29.6 Å². The first-order valence-corrected chi connectivity index (χ1v) is 12.3. The minimum absolute atomic E-state index is 0.0331. The SMILES string of the molecule is COCCCN1C(=O)C2CC(NS(=O)(=O)c3ccc(F)cc3)CN2CCS1(=O)=O. The molecule has 1 aromatic rings. The van der Waals surface area contributed by atoms with E-state index in [2.05, 4.69) is 4.72 Å². The van der Waals surface area contributed by atoms with Gasteiger partial charge < -0.3 is 4.74 Å². The lowest BCUT2D eigenvalue weighted by molar-refractivity contribution is -0.130. The lowest BCUT2D eigenvalue weighted by Gasteiger charge is -2.23. The van der Waals surface area contributed by atoms with Crippen molar-refractivity contribution in [2.75, 3.05) is 39.1 Å². The van der Waals surface area contributed by atoms with Crippen molar-refractivity contribution in [3.8, 4) is 0 Å². The van der Waals surface area contributed by atoms with Gasteiger partial charge in [-0.05, 0) is 37.1 Å². The molecule has 1 N–H and O–H groups in total. The number of carbonyl (C=O) groups excluding carboxylic acids is 1. The maximum absolute atomic E-state index is 13.1. The highest BCUT2D eigenvalue weighted by Gasteiger charge is 2.45. The molecule has 1 aromatic carbocycles. The molecule has 0 bridgehead atoms. The lowest BCUT2D eigenvalue weighted by Crippen LogP contribution is -2.44. The fraction of sp³-hybridized carbons (Fsp3) is 0.588. The summed E-state index contributed by atoms with van der Waals surface area (Å²) < 4.78 is 71.4. The maximum Gasteiger partial charge on any atom is 0.253 e. The monoisotopic (exact) mass is 449 g/mol. The number of methoxy groups -OCH3 is 1. The molecule has 2 heterocycles. The van der Waals surface area contributed by atoms with E-state index >= 15 is 0 Å². The minimum Gasteiger partial charge on any atom is -0.385 e. The molecule has 2 atom stereocenters. The average molecular weight is 450 g/mol. The van der Waals surface area contributed by atoms with Crippen LogP contribution in [0.4, 0.5) is 4.39 Å². The van der Waals surface area contributed by atoms with Crippen LogP contribution in [0.2, 0.25) is 0 Å². The van der Waals surface area contributed by atoms with Gasteiger partial charge in [0, 0.05) is 39.4 Å². The standard InChI is InChI=1S/C17H24FN3O6S2/c1-27-9-2-7-21-17(22)16-11-14(12-20(16)8-10-28(21,23)24)19-29(25,26)15-5-3-13(18)4-6-15/h3-6,14,16,19H,2,7-12H2,1H3. The van der Waals surface area contributed by atoms with Gasteiger partial charge in [-0.3, -0.25) is 9.69 Å². The summed E-state index contributed by atoms with van der Waals surface area (Å²) in [6, 6.07) is 3.18. The molecule has 0 aromatic heterocycles. The van der Waals surface area contributed by atoms with Crippen molar-refractivity contribution in [3.05, 3.63) is 30.1 Å². The Kier molecular flexibility index (Phi) is 6.58. The van der Waals surface area contributed by atoms with E-state index in [0.29, 0.717) is 13.0 Å². The number of fused-ring (bicyclic) bond motifs is 1. The van der Waals surface area contributed by atoms with Crippen molar-refractivity contribution >= 4 is 26.0 Å². The molecule has 1 amide bonds. The summed E-state index contributed by atoms with van der Waals surface area (Å²) in [4.78, 5) is 14.5. The highest BCUT2D eigenvalue weighted by molar-refractivity contribution is 7.89. The second-order valence-electron chi connectivity index (χ2n) is 7.09. The Balaban J connectivity index is 1.73. The predicted molar refractivity (Wildman–Crippen MR) is 102 cm³/mol. The number of hydrogen-bond acceptors (Lipinski definition) is 7. The molecule has 0 radical (unpaired) electrons. The zero-order valence-corrected chi connectivity index (χ0v) is 17.6. The molecule has 2 aliphatic heterocycles. The molecule has 2 aliphatic rings. The second-order valence-corrected chi connectivity index (χ2v) is 10.8. The van der Waals surface area contributed by atoms with Gasteiger partial charge in [0.1, 0.15) is 5.82 Å². The molecule has 9 nitrogen and oxygen atoms in total. The zero-order valence-electron chi connectivity index (χ0n) is 16.0. The number of amides is 1. The van der Waals surface area contributed by atoms with Crippen LogP contribution in [0.1, 0.15) is 12.8 Å².